The van der Waals surface area contributed by atoms with Crippen LogP contribution in [0.3, 0.4) is 0 Å². The SMILES string of the molecule is CCC(C)NC(C)c1nc(C)sc1C. The average Bonchev–Trinajstić information content (AvgIpc) is 2.45. The lowest BCUT2D eigenvalue weighted by Gasteiger charge is -2.17. The number of aryl methyl sites for hydroxylation is 2. The van der Waals surface area contributed by atoms with Gasteiger partial charge in [-0.25, -0.2) is 4.98 Å². The molecule has 0 radical (unpaired) electrons. The molecule has 0 amide bonds. The summed E-state index contributed by atoms with van der Waals surface area (Å²) in [4.78, 5) is 5.89. The molecule has 2 atom stereocenters. The van der Waals surface area contributed by atoms with Crippen LogP contribution in [-0.2, 0) is 0 Å². The van der Waals surface area contributed by atoms with E-state index < -0.39 is 0 Å². The molecule has 1 heterocycles. The van der Waals surface area contributed by atoms with E-state index in [0.29, 0.717) is 12.1 Å². The Morgan fingerprint density at radius 3 is 2.43 bits per heavy atom. The lowest BCUT2D eigenvalue weighted by molar-refractivity contribution is 0.462. The van der Waals surface area contributed by atoms with Gasteiger partial charge in [0.15, 0.2) is 0 Å². The molecule has 0 saturated heterocycles. The molecule has 0 saturated carbocycles. The van der Waals surface area contributed by atoms with Gasteiger partial charge in [-0.3, -0.25) is 0 Å². The Hall–Kier alpha value is -0.410. The Balaban J connectivity index is 2.69. The van der Waals surface area contributed by atoms with Crippen LogP contribution >= 0.6 is 11.3 Å². The minimum atomic E-state index is 0.370. The van der Waals surface area contributed by atoms with Crippen molar-refractivity contribution in [2.24, 2.45) is 0 Å². The second-order valence-electron chi connectivity index (χ2n) is 3.87. The molecule has 0 aliphatic heterocycles. The molecule has 1 aromatic heterocycles. The molecule has 0 aliphatic rings. The minimum absolute atomic E-state index is 0.370. The summed E-state index contributed by atoms with van der Waals surface area (Å²) in [5, 5.41) is 4.71. The van der Waals surface area contributed by atoms with E-state index in [9.17, 15) is 0 Å². The normalized spacial score (nSPS) is 15.5. The van der Waals surface area contributed by atoms with Crippen LogP contribution in [0.25, 0.3) is 0 Å². The highest BCUT2D eigenvalue weighted by Gasteiger charge is 2.14. The first-order chi connectivity index (χ1) is 6.54. The van der Waals surface area contributed by atoms with Gasteiger partial charge < -0.3 is 5.32 Å². The summed E-state index contributed by atoms with van der Waals surface area (Å²) in [6, 6.07) is 0.932. The number of nitrogens with zero attached hydrogens (tertiary/aromatic N) is 1. The topological polar surface area (TPSA) is 24.9 Å². The van der Waals surface area contributed by atoms with Crippen LogP contribution in [0.15, 0.2) is 0 Å². The zero-order valence-corrected chi connectivity index (χ0v) is 10.5. The third-order valence-electron chi connectivity index (χ3n) is 2.50. The first-order valence-electron chi connectivity index (χ1n) is 5.24. The van der Waals surface area contributed by atoms with Gasteiger partial charge in [-0.15, -0.1) is 11.3 Å². The van der Waals surface area contributed by atoms with E-state index in [1.165, 1.54) is 10.6 Å². The maximum atomic E-state index is 4.55. The lowest BCUT2D eigenvalue weighted by atomic mass is 10.1. The quantitative estimate of drug-likeness (QED) is 0.829. The highest BCUT2D eigenvalue weighted by molar-refractivity contribution is 7.11. The lowest BCUT2D eigenvalue weighted by Crippen LogP contribution is -2.28. The van der Waals surface area contributed by atoms with Crippen molar-refractivity contribution >= 4 is 11.3 Å². The molecule has 80 valence electrons. The molecule has 0 bridgehead atoms. The second-order valence-corrected chi connectivity index (χ2v) is 5.28. The van der Waals surface area contributed by atoms with Gasteiger partial charge in [0, 0.05) is 17.0 Å². The van der Waals surface area contributed by atoms with Crippen molar-refractivity contribution in [3.05, 3.63) is 15.6 Å². The van der Waals surface area contributed by atoms with Gasteiger partial charge in [-0.05, 0) is 34.1 Å². The summed E-state index contributed by atoms with van der Waals surface area (Å²) in [6.45, 7) is 10.8. The van der Waals surface area contributed by atoms with Crippen molar-refractivity contribution in [3.63, 3.8) is 0 Å². The summed E-state index contributed by atoms with van der Waals surface area (Å²) in [7, 11) is 0. The largest absolute Gasteiger partial charge is 0.306 e. The van der Waals surface area contributed by atoms with Crippen molar-refractivity contribution in [3.8, 4) is 0 Å². The monoisotopic (exact) mass is 212 g/mol. The van der Waals surface area contributed by atoms with Gasteiger partial charge >= 0.3 is 0 Å². The summed E-state index contributed by atoms with van der Waals surface area (Å²) in [5.41, 5.74) is 1.22. The average molecular weight is 212 g/mol. The number of aromatic nitrogens is 1. The number of nitrogens with one attached hydrogen (secondary N) is 1. The Morgan fingerprint density at radius 2 is 2.00 bits per heavy atom. The van der Waals surface area contributed by atoms with E-state index in [0.717, 1.165) is 11.4 Å². The molecule has 0 fully saturated rings. The summed E-state index contributed by atoms with van der Waals surface area (Å²) in [6.07, 6.45) is 1.16. The van der Waals surface area contributed by atoms with Crippen LogP contribution in [0.5, 0.6) is 0 Å². The van der Waals surface area contributed by atoms with Crippen molar-refractivity contribution in [2.75, 3.05) is 0 Å². The van der Waals surface area contributed by atoms with Crippen molar-refractivity contribution in [1.29, 1.82) is 0 Å². The number of thiazole rings is 1. The van der Waals surface area contributed by atoms with Crippen LogP contribution in [0.4, 0.5) is 0 Å². The molecule has 14 heavy (non-hydrogen) atoms. The molecule has 0 spiro atoms. The minimum Gasteiger partial charge on any atom is -0.306 e. The maximum absolute atomic E-state index is 4.55. The molecule has 1 N–H and O–H groups in total. The molecular formula is C11H20N2S. The standard InChI is InChI=1S/C11H20N2S/c1-6-7(2)12-8(3)11-9(4)14-10(5)13-11/h7-8,12H,6H2,1-5H3. The summed E-state index contributed by atoms with van der Waals surface area (Å²) >= 11 is 1.78. The molecule has 0 aromatic carbocycles. The van der Waals surface area contributed by atoms with Gasteiger partial charge in [0.2, 0.25) is 0 Å². The zero-order valence-electron chi connectivity index (χ0n) is 9.72. The van der Waals surface area contributed by atoms with Crippen LogP contribution < -0.4 is 5.32 Å². The highest BCUT2D eigenvalue weighted by atomic mass is 32.1. The first kappa shape index (κ1) is 11.7. The van der Waals surface area contributed by atoms with Gasteiger partial charge in [0.05, 0.1) is 10.7 Å². The smallest absolute Gasteiger partial charge is 0.0900 e. The van der Waals surface area contributed by atoms with Crippen LogP contribution in [0.2, 0.25) is 0 Å². The van der Waals surface area contributed by atoms with E-state index in [1.807, 2.05) is 0 Å². The molecular weight excluding hydrogens is 192 g/mol. The molecule has 0 aliphatic carbocycles. The summed E-state index contributed by atoms with van der Waals surface area (Å²) in [5.74, 6) is 0. The fraction of sp³-hybridized carbons (Fsp3) is 0.727. The molecule has 1 rings (SSSR count). The Bertz CT molecular complexity index is 293. The van der Waals surface area contributed by atoms with E-state index in [-0.39, 0.29) is 0 Å². The van der Waals surface area contributed by atoms with Crippen LogP contribution in [0.1, 0.15) is 48.8 Å². The maximum Gasteiger partial charge on any atom is 0.0900 e. The zero-order chi connectivity index (χ0) is 10.7. The predicted molar refractivity (Wildman–Crippen MR) is 62.9 cm³/mol. The van der Waals surface area contributed by atoms with E-state index in [2.05, 4.69) is 44.9 Å². The Morgan fingerprint density at radius 1 is 1.36 bits per heavy atom. The third kappa shape index (κ3) is 2.79. The van der Waals surface area contributed by atoms with Crippen LogP contribution in [0, 0.1) is 13.8 Å². The van der Waals surface area contributed by atoms with Gasteiger partial charge in [0.25, 0.3) is 0 Å². The Labute approximate surface area is 90.8 Å². The van der Waals surface area contributed by atoms with E-state index >= 15 is 0 Å². The fourth-order valence-corrected chi connectivity index (χ4v) is 2.48. The number of rotatable bonds is 4. The van der Waals surface area contributed by atoms with Crippen molar-refractivity contribution < 1.29 is 0 Å². The number of hydrogen-bond acceptors (Lipinski definition) is 3. The third-order valence-corrected chi connectivity index (χ3v) is 3.40. The van der Waals surface area contributed by atoms with Gasteiger partial charge in [0.1, 0.15) is 0 Å². The Kier molecular flexibility index (Phi) is 4.08. The highest BCUT2D eigenvalue weighted by Crippen LogP contribution is 2.22. The van der Waals surface area contributed by atoms with Gasteiger partial charge in [-0.1, -0.05) is 6.92 Å². The molecule has 2 unspecified atom stereocenters. The van der Waals surface area contributed by atoms with E-state index in [4.69, 9.17) is 0 Å². The summed E-state index contributed by atoms with van der Waals surface area (Å²) < 4.78 is 0. The molecule has 1 aromatic rings. The molecule has 3 heteroatoms. The molecule has 2 nitrogen and oxygen atoms in total. The predicted octanol–water partition coefficient (Wildman–Crippen LogP) is 3.21. The second kappa shape index (κ2) is 4.89. The van der Waals surface area contributed by atoms with Gasteiger partial charge in [-0.2, -0.15) is 0 Å². The van der Waals surface area contributed by atoms with Crippen molar-refractivity contribution in [2.45, 2.75) is 53.1 Å². The van der Waals surface area contributed by atoms with Crippen LogP contribution in [-0.4, -0.2) is 11.0 Å². The first-order valence-corrected chi connectivity index (χ1v) is 6.06. The van der Waals surface area contributed by atoms with E-state index in [1.54, 1.807) is 11.3 Å². The number of hydrogen-bond donors (Lipinski definition) is 1. The fourth-order valence-electron chi connectivity index (χ4n) is 1.57. The van der Waals surface area contributed by atoms with Crippen molar-refractivity contribution in [1.82, 2.24) is 10.3 Å².